The smallest absolute Gasteiger partial charge is 0.0359 e. The van der Waals surface area contributed by atoms with Crippen molar-refractivity contribution in [3.8, 4) is 0 Å². The normalized spacial score (nSPS) is 11.3. The Balaban J connectivity index is 3.50. The summed E-state index contributed by atoms with van der Waals surface area (Å²) >= 11 is 0. The average molecular weight is 128 g/mol. The van der Waals surface area contributed by atoms with Crippen molar-refractivity contribution in [2.75, 3.05) is 13.1 Å². The lowest BCUT2D eigenvalue weighted by Crippen LogP contribution is -2.25. The summed E-state index contributed by atoms with van der Waals surface area (Å²) in [5.41, 5.74) is 0. The van der Waals surface area contributed by atoms with E-state index in [9.17, 15) is 0 Å². The molecule has 0 heterocycles. The van der Waals surface area contributed by atoms with Gasteiger partial charge in [0, 0.05) is 6.04 Å². The van der Waals surface area contributed by atoms with Crippen LogP contribution in [0.2, 0.25) is 0 Å². The number of hydrogen-bond donors (Lipinski definition) is 0. The van der Waals surface area contributed by atoms with E-state index < -0.39 is 0 Å². The molecule has 0 fully saturated rings. The van der Waals surface area contributed by atoms with E-state index in [1.807, 2.05) is 0 Å². The van der Waals surface area contributed by atoms with E-state index in [0.29, 0.717) is 0 Å². The molecule has 0 aliphatic carbocycles. The Morgan fingerprint density at radius 1 is 1.11 bits per heavy atom. The fourth-order valence-electron chi connectivity index (χ4n) is 0.987. The first-order valence-electron chi connectivity index (χ1n) is 3.83. The third kappa shape index (κ3) is 2.85. The minimum absolute atomic E-state index is 1.15. The van der Waals surface area contributed by atoms with Crippen LogP contribution in [-0.4, -0.2) is 18.0 Å². The van der Waals surface area contributed by atoms with Gasteiger partial charge in [0.1, 0.15) is 0 Å². The zero-order chi connectivity index (χ0) is 7.28. The molecule has 0 spiro atoms. The Labute approximate surface area is 59.1 Å². The Morgan fingerprint density at radius 2 is 1.56 bits per heavy atom. The van der Waals surface area contributed by atoms with Gasteiger partial charge in [-0.15, -0.1) is 0 Å². The molecule has 0 saturated carbocycles. The van der Waals surface area contributed by atoms with Gasteiger partial charge >= 0.3 is 0 Å². The summed E-state index contributed by atoms with van der Waals surface area (Å²) < 4.78 is 0. The van der Waals surface area contributed by atoms with E-state index >= 15 is 0 Å². The van der Waals surface area contributed by atoms with Crippen molar-refractivity contribution in [2.24, 2.45) is 0 Å². The van der Waals surface area contributed by atoms with Crippen LogP contribution in [0, 0.1) is 6.04 Å². The molecule has 9 heavy (non-hydrogen) atoms. The molecular weight excluding hydrogens is 110 g/mol. The van der Waals surface area contributed by atoms with Crippen molar-refractivity contribution >= 4 is 0 Å². The zero-order valence-corrected chi connectivity index (χ0v) is 7.07. The molecule has 0 aromatic carbocycles. The Bertz CT molecular complexity index is 57.6. The van der Waals surface area contributed by atoms with Gasteiger partial charge in [-0.25, -0.2) is 0 Å². The van der Waals surface area contributed by atoms with Crippen LogP contribution in [0.4, 0.5) is 0 Å². The van der Waals surface area contributed by atoms with Gasteiger partial charge in [0.2, 0.25) is 0 Å². The standard InChI is InChI=1S/C8H18N/c1-5-8(4)9(6-2)7-3/h5-7H2,1-4H3. The van der Waals surface area contributed by atoms with Crippen LogP contribution < -0.4 is 0 Å². The molecule has 0 rings (SSSR count). The highest BCUT2D eigenvalue weighted by Gasteiger charge is 2.06. The molecule has 0 aliphatic heterocycles. The van der Waals surface area contributed by atoms with Crippen molar-refractivity contribution in [3.63, 3.8) is 0 Å². The van der Waals surface area contributed by atoms with Gasteiger partial charge in [-0.2, -0.15) is 0 Å². The van der Waals surface area contributed by atoms with Gasteiger partial charge in [-0.3, -0.25) is 4.90 Å². The van der Waals surface area contributed by atoms with Crippen LogP contribution >= 0.6 is 0 Å². The molecule has 0 atom stereocenters. The molecule has 0 aromatic rings. The largest absolute Gasteiger partial charge is 0.297 e. The molecule has 0 aromatic heterocycles. The molecule has 55 valence electrons. The average Bonchev–Trinajstić information content (AvgIpc) is 1.90. The highest BCUT2D eigenvalue weighted by atomic mass is 15.1. The fraction of sp³-hybridized carbons (Fsp3) is 0.875. The van der Waals surface area contributed by atoms with Gasteiger partial charge in [0.25, 0.3) is 0 Å². The van der Waals surface area contributed by atoms with Gasteiger partial charge in [-0.1, -0.05) is 20.8 Å². The SMILES string of the molecule is CC[C](C)N(CC)CC. The molecule has 0 amide bonds. The van der Waals surface area contributed by atoms with Crippen LogP contribution in [0.5, 0.6) is 0 Å². The lowest BCUT2D eigenvalue weighted by molar-refractivity contribution is 0.309. The molecule has 0 aliphatic rings. The molecule has 0 N–H and O–H groups in total. The van der Waals surface area contributed by atoms with Crippen molar-refractivity contribution in [2.45, 2.75) is 34.1 Å². The van der Waals surface area contributed by atoms with E-state index in [2.05, 4.69) is 32.6 Å². The first-order valence-corrected chi connectivity index (χ1v) is 3.83. The van der Waals surface area contributed by atoms with Crippen LogP contribution in [0.3, 0.4) is 0 Å². The van der Waals surface area contributed by atoms with E-state index in [-0.39, 0.29) is 0 Å². The highest BCUT2D eigenvalue weighted by molar-refractivity contribution is 4.80. The number of nitrogens with zero attached hydrogens (tertiary/aromatic N) is 1. The topological polar surface area (TPSA) is 3.24 Å². The summed E-state index contributed by atoms with van der Waals surface area (Å²) in [4.78, 5) is 2.39. The van der Waals surface area contributed by atoms with Crippen molar-refractivity contribution in [1.82, 2.24) is 4.90 Å². The monoisotopic (exact) mass is 128 g/mol. The van der Waals surface area contributed by atoms with E-state index in [1.54, 1.807) is 0 Å². The van der Waals surface area contributed by atoms with Gasteiger partial charge in [0.15, 0.2) is 0 Å². The summed E-state index contributed by atoms with van der Waals surface area (Å²) in [5.74, 6) is 0. The quantitative estimate of drug-likeness (QED) is 0.561. The summed E-state index contributed by atoms with van der Waals surface area (Å²) in [6, 6.07) is 1.50. The second-order valence-corrected chi connectivity index (χ2v) is 2.26. The van der Waals surface area contributed by atoms with Gasteiger partial charge in [0.05, 0.1) is 0 Å². The molecule has 1 heteroatoms. The maximum Gasteiger partial charge on any atom is 0.0359 e. The minimum Gasteiger partial charge on any atom is -0.297 e. The number of hydrogen-bond acceptors (Lipinski definition) is 1. The van der Waals surface area contributed by atoms with Gasteiger partial charge in [-0.05, 0) is 26.4 Å². The molecular formula is C8H18N. The second-order valence-electron chi connectivity index (χ2n) is 2.26. The Morgan fingerprint density at radius 3 is 1.67 bits per heavy atom. The summed E-state index contributed by atoms with van der Waals surface area (Å²) in [5, 5.41) is 0. The first-order chi connectivity index (χ1) is 4.26. The second kappa shape index (κ2) is 4.80. The lowest BCUT2D eigenvalue weighted by Gasteiger charge is -2.23. The molecule has 0 saturated heterocycles. The van der Waals surface area contributed by atoms with E-state index in [4.69, 9.17) is 0 Å². The maximum atomic E-state index is 2.39. The number of rotatable bonds is 4. The van der Waals surface area contributed by atoms with Crippen LogP contribution in [0.25, 0.3) is 0 Å². The van der Waals surface area contributed by atoms with Crippen molar-refractivity contribution in [3.05, 3.63) is 6.04 Å². The maximum absolute atomic E-state index is 2.39. The van der Waals surface area contributed by atoms with Crippen molar-refractivity contribution in [1.29, 1.82) is 0 Å². The Hall–Kier alpha value is -0.0400. The third-order valence-electron chi connectivity index (χ3n) is 1.81. The predicted octanol–water partition coefficient (Wildman–Crippen LogP) is 2.29. The van der Waals surface area contributed by atoms with Crippen molar-refractivity contribution < 1.29 is 0 Å². The van der Waals surface area contributed by atoms with E-state index in [1.165, 1.54) is 12.5 Å². The summed E-state index contributed by atoms with van der Waals surface area (Å²) in [6.07, 6.45) is 1.18. The predicted molar refractivity (Wildman–Crippen MR) is 42.1 cm³/mol. The fourth-order valence-corrected chi connectivity index (χ4v) is 0.987. The van der Waals surface area contributed by atoms with Crippen LogP contribution in [0.15, 0.2) is 0 Å². The van der Waals surface area contributed by atoms with Gasteiger partial charge < -0.3 is 0 Å². The minimum atomic E-state index is 1.15. The molecule has 1 nitrogen and oxygen atoms in total. The molecule has 0 unspecified atom stereocenters. The lowest BCUT2D eigenvalue weighted by atomic mass is 10.2. The summed E-state index contributed by atoms with van der Waals surface area (Å²) in [6.45, 7) is 11.1. The first kappa shape index (κ1) is 8.96. The highest BCUT2D eigenvalue weighted by Crippen LogP contribution is 2.09. The zero-order valence-electron chi connectivity index (χ0n) is 7.07. The summed E-state index contributed by atoms with van der Waals surface area (Å²) in [7, 11) is 0. The van der Waals surface area contributed by atoms with Crippen LogP contribution in [-0.2, 0) is 0 Å². The van der Waals surface area contributed by atoms with E-state index in [0.717, 1.165) is 13.1 Å². The molecule has 0 bridgehead atoms. The third-order valence-corrected chi connectivity index (χ3v) is 1.81. The molecule has 1 radical (unpaired) electrons. The Kier molecular flexibility index (Phi) is 4.78. The van der Waals surface area contributed by atoms with Crippen LogP contribution in [0.1, 0.15) is 34.1 Å².